The molecule has 1 heterocycles. The van der Waals surface area contributed by atoms with Gasteiger partial charge in [-0.05, 0) is 12.0 Å². The average Bonchev–Trinajstić information content (AvgIpc) is 2.36. The number of hydrogen-bond acceptors (Lipinski definition) is 3. The summed E-state index contributed by atoms with van der Waals surface area (Å²) in [6.07, 6.45) is 2.57. The van der Waals surface area contributed by atoms with E-state index in [1.165, 1.54) is 17.1 Å². The molecule has 0 fully saturated rings. The van der Waals surface area contributed by atoms with Gasteiger partial charge in [-0.2, -0.15) is 0 Å². The number of hydrogen-bond donors (Lipinski definition) is 1. The van der Waals surface area contributed by atoms with E-state index in [2.05, 4.69) is 0 Å². The van der Waals surface area contributed by atoms with Gasteiger partial charge in [0.2, 0.25) is 0 Å². The van der Waals surface area contributed by atoms with Gasteiger partial charge in [-0.1, -0.05) is 13.8 Å². The first-order valence-corrected chi connectivity index (χ1v) is 4.20. The van der Waals surface area contributed by atoms with Crippen molar-refractivity contribution in [3.63, 3.8) is 0 Å². The van der Waals surface area contributed by atoms with Crippen LogP contribution in [0.15, 0.2) is 12.2 Å². The quantitative estimate of drug-likeness (QED) is 0.694. The van der Waals surface area contributed by atoms with Crippen molar-refractivity contribution in [1.82, 2.24) is 4.90 Å². The summed E-state index contributed by atoms with van der Waals surface area (Å²) in [5.74, 6) is -0.488. The summed E-state index contributed by atoms with van der Waals surface area (Å²) >= 11 is 0. The van der Waals surface area contributed by atoms with Crippen LogP contribution in [0.3, 0.4) is 0 Å². The SMILES string of the molecule is CC(C)(CN)CN1C(=O)C=CC1=O.Cl. The molecule has 1 rings (SSSR count). The third-order valence-electron chi connectivity index (χ3n) is 2.04. The number of halogens is 1. The highest BCUT2D eigenvalue weighted by atomic mass is 35.5. The molecule has 0 unspecified atom stereocenters. The van der Waals surface area contributed by atoms with Crippen molar-refractivity contribution in [3.8, 4) is 0 Å². The van der Waals surface area contributed by atoms with E-state index in [9.17, 15) is 9.59 Å². The highest BCUT2D eigenvalue weighted by molar-refractivity contribution is 6.12. The van der Waals surface area contributed by atoms with Crippen molar-refractivity contribution >= 4 is 24.2 Å². The van der Waals surface area contributed by atoms with E-state index in [-0.39, 0.29) is 29.6 Å². The maximum absolute atomic E-state index is 11.2. The van der Waals surface area contributed by atoms with Crippen molar-refractivity contribution in [2.45, 2.75) is 13.8 Å². The van der Waals surface area contributed by atoms with Crippen LogP contribution in [0.4, 0.5) is 0 Å². The molecular weight excluding hydrogens is 204 g/mol. The summed E-state index contributed by atoms with van der Waals surface area (Å²) in [5, 5.41) is 0. The molecule has 1 aliphatic heterocycles. The molecule has 2 N–H and O–H groups in total. The summed E-state index contributed by atoms with van der Waals surface area (Å²) in [6.45, 7) is 4.68. The zero-order chi connectivity index (χ0) is 10.1. The molecule has 0 atom stereocenters. The molecule has 0 aromatic rings. The molecule has 80 valence electrons. The fourth-order valence-corrected chi connectivity index (χ4v) is 1.08. The van der Waals surface area contributed by atoms with Crippen molar-refractivity contribution in [3.05, 3.63) is 12.2 Å². The predicted molar refractivity (Wildman–Crippen MR) is 55.9 cm³/mol. The Labute approximate surface area is 89.5 Å². The molecule has 14 heavy (non-hydrogen) atoms. The highest BCUT2D eigenvalue weighted by Crippen LogP contribution is 2.17. The van der Waals surface area contributed by atoms with Crippen molar-refractivity contribution < 1.29 is 9.59 Å². The Morgan fingerprint density at radius 1 is 1.29 bits per heavy atom. The summed E-state index contributed by atoms with van der Waals surface area (Å²) in [6, 6.07) is 0. The van der Waals surface area contributed by atoms with Crippen LogP contribution >= 0.6 is 12.4 Å². The molecule has 0 radical (unpaired) electrons. The molecule has 4 nitrogen and oxygen atoms in total. The zero-order valence-electron chi connectivity index (χ0n) is 8.32. The second-order valence-electron chi connectivity index (χ2n) is 3.96. The van der Waals surface area contributed by atoms with E-state index in [0.717, 1.165) is 0 Å². The van der Waals surface area contributed by atoms with Crippen molar-refractivity contribution in [1.29, 1.82) is 0 Å². The van der Waals surface area contributed by atoms with Gasteiger partial charge in [-0.3, -0.25) is 14.5 Å². The third kappa shape index (κ3) is 2.82. The molecule has 5 heteroatoms. The summed E-state index contributed by atoms with van der Waals surface area (Å²) in [4.78, 5) is 23.5. The normalized spacial score (nSPS) is 16.1. The molecule has 0 saturated carbocycles. The highest BCUT2D eigenvalue weighted by Gasteiger charge is 2.29. The first-order chi connectivity index (χ1) is 5.96. The van der Waals surface area contributed by atoms with Gasteiger partial charge >= 0.3 is 0 Å². The lowest BCUT2D eigenvalue weighted by molar-refractivity contribution is -0.138. The number of nitrogens with zero attached hydrogens (tertiary/aromatic N) is 1. The average molecular weight is 219 g/mol. The van der Waals surface area contributed by atoms with Gasteiger partial charge in [0.1, 0.15) is 0 Å². The van der Waals surface area contributed by atoms with Crippen LogP contribution in [0.5, 0.6) is 0 Å². The lowest BCUT2D eigenvalue weighted by Crippen LogP contribution is -2.41. The van der Waals surface area contributed by atoms with E-state index in [0.29, 0.717) is 13.1 Å². The second-order valence-corrected chi connectivity index (χ2v) is 3.96. The predicted octanol–water partition coefficient (Wildman–Crippen LogP) is 0.318. The van der Waals surface area contributed by atoms with Crippen LogP contribution in [0, 0.1) is 5.41 Å². The fraction of sp³-hybridized carbons (Fsp3) is 0.556. The minimum Gasteiger partial charge on any atom is -0.330 e. The van der Waals surface area contributed by atoms with Crippen LogP contribution in [0.25, 0.3) is 0 Å². The van der Waals surface area contributed by atoms with Crippen LogP contribution in [0.1, 0.15) is 13.8 Å². The second kappa shape index (κ2) is 4.57. The maximum Gasteiger partial charge on any atom is 0.253 e. The summed E-state index contributed by atoms with van der Waals surface area (Å²) in [5.41, 5.74) is 5.29. The lowest BCUT2D eigenvalue weighted by Gasteiger charge is -2.27. The largest absolute Gasteiger partial charge is 0.330 e. The van der Waals surface area contributed by atoms with E-state index in [4.69, 9.17) is 5.73 Å². The number of nitrogens with two attached hydrogens (primary N) is 1. The maximum atomic E-state index is 11.2. The van der Waals surface area contributed by atoms with Crippen LogP contribution in [0.2, 0.25) is 0 Å². The Balaban J connectivity index is 0.00000169. The van der Waals surface area contributed by atoms with E-state index in [1.807, 2.05) is 13.8 Å². The summed E-state index contributed by atoms with van der Waals surface area (Å²) < 4.78 is 0. The molecule has 0 spiro atoms. The zero-order valence-corrected chi connectivity index (χ0v) is 9.13. The van der Waals surface area contributed by atoms with Gasteiger partial charge in [-0.15, -0.1) is 12.4 Å². The number of amides is 2. The molecule has 0 aromatic carbocycles. The van der Waals surface area contributed by atoms with E-state index in [1.54, 1.807) is 0 Å². The molecule has 0 aromatic heterocycles. The number of carbonyl (C=O) groups excluding carboxylic acids is 2. The Hall–Kier alpha value is -0.870. The minimum absolute atomic E-state index is 0. The topological polar surface area (TPSA) is 63.4 Å². The van der Waals surface area contributed by atoms with Gasteiger partial charge in [0.15, 0.2) is 0 Å². The van der Waals surface area contributed by atoms with Crippen molar-refractivity contribution in [2.75, 3.05) is 13.1 Å². The molecule has 0 aliphatic carbocycles. The number of rotatable bonds is 3. The molecule has 1 aliphatic rings. The van der Waals surface area contributed by atoms with Gasteiger partial charge in [-0.25, -0.2) is 0 Å². The molecule has 0 bridgehead atoms. The monoisotopic (exact) mass is 218 g/mol. The van der Waals surface area contributed by atoms with Crippen molar-refractivity contribution in [2.24, 2.45) is 11.1 Å². The van der Waals surface area contributed by atoms with Gasteiger partial charge < -0.3 is 5.73 Å². The van der Waals surface area contributed by atoms with E-state index < -0.39 is 0 Å². The molecule has 0 saturated heterocycles. The smallest absolute Gasteiger partial charge is 0.253 e. The van der Waals surface area contributed by atoms with Crippen LogP contribution in [-0.4, -0.2) is 29.8 Å². The molecule has 2 amide bonds. The lowest BCUT2D eigenvalue weighted by atomic mass is 9.93. The van der Waals surface area contributed by atoms with Crippen LogP contribution < -0.4 is 5.73 Å². The summed E-state index contributed by atoms with van der Waals surface area (Å²) in [7, 11) is 0. The van der Waals surface area contributed by atoms with Gasteiger partial charge in [0.25, 0.3) is 11.8 Å². The Morgan fingerprint density at radius 2 is 1.71 bits per heavy atom. The van der Waals surface area contributed by atoms with Gasteiger partial charge in [0.05, 0.1) is 0 Å². The third-order valence-corrected chi connectivity index (χ3v) is 2.04. The fourth-order valence-electron chi connectivity index (χ4n) is 1.08. The standard InChI is InChI=1S/C9H14N2O2.ClH/c1-9(2,5-10)6-11-7(12)3-4-8(11)13;/h3-4H,5-6,10H2,1-2H3;1H. The first kappa shape index (κ1) is 13.1. The molecular formula is C9H15ClN2O2. The minimum atomic E-state index is -0.244. The Morgan fingerprint density at radius 3 is 2.07 bits per heavy atom. The number of imide groups is 1. The Kier molecular flexibility index (Phi) is 4.29. The van der Waals surface area contributed by atoms with Crippen LogP contribution in [-0.2, 0) is 9.59 Å². The Bertz CT molecular complexity index is 256. The van der Waals surface area contributed by atoms with Gasteiger partial charge in [0, 0.05) is 18.7 Å². The number of carbonyl (C=O) groups is 2. The first-order valence-electron chi connectivity index (χ1n) is 4.20. The van der Waals surface area contributed by atoms with E-state index >= 15 is 0 Å².